The van der Waals surface area contributed by atoms with Crippen molar-refractivity contribution in [3.63, 3.8) is 0 Å². The Morgan fingerprint density at radius 3 is 2.94 bits per heavy atom. The zero-order valence-corrected chi connectivity index (χ0v) is 9.98. The summed E-state index contributed by atoms with van der Waals surface area (Å²) in [7, 11) is 1.82. The monoisotopic (exact) mass is 250 g/mol. The number of aromatic nitrogens is 3. The lowest BCUT2D eigenvalue weighted by Gasteiger charge is -2.05. The van der Waals surface area contributed by atoms with Crippen LogP contribution in [0.5, 0.6) is 0 Å². The topological polar surface area (TPSA) is 59.8 Å². The number of amides is 1. The second-order valence-electron chi connectivity index (χ2n) is 3.49. The summed E-state index contributed by atoms with van der Waals surface area (Å²) in [6.45, 7) is 0.406. The van der Waals surface area contributed by atoms with Crippen LogP contribution >= 0.6 is 11.6 Å². The molecule has 2 aromatic heterocycles. The maximum Gasteiger partial charge on any atom is 0.270 e. The fourth-order valence-electron chi connectivity index (χ4n) is 1.37. The minimum Gasteiger partial charge on any atom is -0.345 e. The third kappa shape index (κ3) is 2.82. The predicted molar refractivity (Wildman–Crippen MR) is 63.6 cm³/mol. The summed E-state index contributed by atoms with van der Waals surface area (Å²) >= 11 is 5.78. The molecule has 0 aliphatic carbocycles. The highest BCUT2D eigenvalue weighted by Crippen LogP contribution is 2.07. The molecular formula is C11H11ClN4O. The molecule has 0 aliphatic heterocycles. The van der Waals surface area contributed by atoms with E-state index in [1.54, 1.807) is 16.9 Å². The Hall–Kier alpha value is -1.88. The molecule has 2 rings (SSSR count). The van der Waals surface area contributed by atoms with Crippen molar-refractivity contribution in [3.05, 3.63) is 47.0 Å². The summed E-state index contributed by atoms with van der Waals surface area (Å²) in [4.78, 5) is 15.7. The van der Waals surface area contributed by atoms with Gasteiger partial charge in [-0.1, -0.05) is 11.6 Å². The lowest BCUT2D eigenvalue weighted by Crippen LogP contribution is -2.24. The smallest absolute Gasteiger partial charge is 0.270 e. The van der Waals surface area contributed by atoms with Gasteiger partial charge < -0.3 is 5.32 Å². The summed E-state index contributed by atoms with van der Waals surface area (Å²) in [5.74, 6) is -0.256. The minimum atomic E-state index is -0.256. The van der Waals surface area contributed by atoms with Crippen molar-refractivity contribution in [2.75, 3.05) is 0 Å². The van der Waals surface area contributed by atoms with Gasteiger partial charge in [-0.25, -0.2) is 0 Å². The van der Waals surface area contributed by atoms with Crippen molar-refractivity contribution < 1.29 is 4.79 Å². The fraction of sp³-hybridized carbons (Fsp3) is 0.182. The number of halogens is 1. The third-order valence-electron chi connectivity index (χ3n) is 2.31. The van der Waals surface area contributed by atoms with Gasteiger partial charge in [0.2, 0.25) is 0 Å². The predicted octanol–water partition coefficient (Wildman–Crippen LogP) is 1.40. The van der Waals surface area contributed by atoms with Gasteiger partial charge in [-0.05, 0) is 18.2 Å². The first kappa shape index (κ1) is 11.6. The number of carbonyl (C=O) groups is 1. The molecule has 1 amide bonds. The van der Waals surface area contributed by atoms with E-state index in [1.807, 2.05) is 13.1 Å². The summed E-state index contributed by atoms with van der Waals surface area (Å²) in [6, 6.07) is 4.99. The Labute approximate surface area is 103 Å². The highest BCUT2D eigenvalue weighted by Gasteiger charge is 2.08. The number of hydrogen-bond acceptors (Lipinski definition) is 3. The van der Waals surface area contributed by atoms with E-state index in [0.29, 0.717) is 17.3 Å². The first-order chi connectivity index (χ1) is 8.16. The molecular weight excluding hydrogens is 240 g/mol. The normalized spacial score (nSPS) is 10.2. The van der Waals surface area contributed by atoms with Gasteiger partial charge in [0.05, 0.1) is 12.2 Å². The average molecular weight is 251 g/mol. The van der Waals surface area contributed by atoms with E-state index >= 15 is 0 Å². The minimum absolute atomic E-state index is 0.256. The van der Waals surface area contributed by atoms with Gasteiger partial charge in [-0.15, -0.1) is 0 Å². The van der Waals surface area contributed by atoms with Crippen LogP contribution in [0, 0.1) is 0 Å². The molecule has 0 fully saturated rings. The summed E-state index contributed by atoms with van der Waals surface area (Å²) in [5, 5.41) is 7.25. The molecule has 0 unspecified atom stereocenters. The van der Waals surface area contributed by atoms with E-state index < -0.39 is 0 Å². The molecule has 0 aliphatic rings. The maximum absolute atomic E-state index is 11.7. The van der Waals surface area contributed by atoms with Gasteiger partial charge in [0.25, 0.3) is 5.91 Å². The molecule has 0 bridgehead atoms. The molecule has 2 aromatic rings. The van der Waals surface area contributed by atoms with E-state index in [1.165, 1.54) is 12.3 Å². The summed E-state index contributed by atoms with van der Waals surface area (Å²) < 4.78 is 1.70. The Morgan fingerprint density at radius 2 is 2.29 bits per heavy atom. The standard InChI is InChI=1S/C11H11ClN4O/c1-16-9(3-5-15-16)7-14-11(17)10-6-8(12)2-4-13-10/h2-6H,7H2,1H3,(H,14,17). The highest BCUT2D eigenvalue weighted by atomic mass is 35.5. The van der Waals surface area contributed by atoms with E-state index in [0.717, 1.165) is 5.69 Å². The van der Waals surface area contributed by atoms with Gasteiger partial charge in [0.1, 0.15) is 5.69 Å². The molecule has 0 radical (unpaired) electrons. The number of aryl methyl sites for hydroxylation is 1. The molecule has 5 nitrogen and oxygen atoms in total. The van der Waals surface area contributed by atoms with E-state index in [2.05, 4.69) is 15.4 Å². The average Bonchev–Trinajstić information content (AvgIpc) is 2.72. The molecule has 0 spiro atoms. The molecule has 17 heavy (non-hydrogen) atoms. The first-order valence-electron chi connectivity index (χ1n) is 5.03. The second-order valence-corrected chi connectivity index (χ2v) is 3.92. The molecule has 0 aromatic carbocycles. The van der Waals surface area contributed by atoms with E-state index in [4.69, 9.17) is 11.6 Å². The number of nitrogens with zero attached hydrogens (tertiary/aromatic N) is 3. The number of rotatable bonds is 3. The van der Waals surface area contributed by atoms with Gasteiger partial charge in [-0.2, -0.15) is 5.10 Å². The molecule has 1 N–H and O–H groups in total. The molecule has 0 saturated carbocycles. The van der Waals surface area contributed by atoms with Crippen LogP contribution in [0.2, 0.25) is 5.02 Å². The number of hydrogen-bond donors (Lipinski definition) is 1. The summed E-state index contributed by atoms with van der Waals surface area (Å²) in [5.41, 5.74) is 1.22. The first-order valence-corrected chi connectivity index (χ1v) is 5.41. The van der Waals surface area contributed by atoms with Gasteiger partial charge in [0, 0.05) is 24.5 Å². The van der Waals surface area contributed by atoms with Crippen LogP contribution in [0.4, 0.5) is 0 Å². The van der Waals surface area contributed by atoms with Gasteiger partial charge in [-0.3, -0.25) is 14.5 Å². The van der Waals surface area contributed by atoms with Crippen molar-refractivity contribution in [1.29, 1.82) is 0 Å². The SMILES string of the molecule is Cn1nccc1CNC(=O)c1cc(Cl)ccn1. The number of carbonyl (C=O) groups excluding carboxylic acids is 1. The highest BCUT2D eigenvalue weighted by molar-refractivity contribution is 6.30. The fourth-order valence-corrected chi connectivity index (χ4v) is 1.52. The molecule has 0 atom stereocenters. The van der Waals surface area contributed by atoms with Crippen LogP contribution in [-0.2, 0) is 13.6 Å². The molecule has 2 heterocycles. The Kier molecular flexibility index (Phi) is 3.39. The van der Waals surface area contributed by atoms with Crippen LogP contribution in [-0.4, -0.2) is 20.7 Å². The van der Waals surface area contributed by atoms with Gasteiger partial charge in [0.15, 0.2) is 0 Å². The van der Waals surface area contributed by atoms with Crippen LogP contribution in [0.1, 0.15) is 16.2 Å². The van der Waals surface area contributed by atoms with Crippen molar-refractivity contribution in [2.24, 2.45) is 7.05 Å². The summed E-state index contributed by atoms with van der Waals surface area (Å²) in [6.07, 6.45) is 3.18. The quantitative estimate of drug-likeness (QED) is 0.896. The molecule has 6 heteroatoms. The largest absolute Gasteiger partial charge is 0.345 e. The van der Waals surface area contributed by atoms with Crippen LogP contribution < -0.4 is 5.32 Å². The van der Waals surface area contributed by atoms with E-state index in [-0.39, 0.29) is 5.91 Å². The van der Waals surface area contributed by atoms with Crippen molar-refractivity contribution in [2.45, 2.75) is 6.54 Å². The molecule has 88 valence electrons. The van der Waals surface area contributed by atoms with Crippen LogP contribution in [0.3, 0.4) is 0 Å². The maximum atomic E-state index is 11.7. The molecule has 0 saturated heterocycles. The van der Waals surface area contributed by atoms with Crippen molar-refractivity contribution >= 4 is 17.5 Å². The zero-order chi connectivity index (χ0) is 12.3. The second kappa shape index (κ2) is 4.97. The van der Waals surface area contributed by atoms with E-state index in [9.17, 15) is 4.79 Å². The zero-order valence-electron chi connectivity index (χ0n) is 9.22. The number of nitrogens with one attached hydrogen (secondary N) is 1. The number of pyridine rings is 1. The van der Waals surface area contributed by atoms with Crippen molar-refractivity contribution in [1.82, 2.24) is 20.1 Å². The lowest BCUT2D eigenvalue weighted by molar-refractivity contribution is 0.0945. The van der Waals surface area contributed by atoms with Crippen LogP contribution in [0.25, 0.3) is 0 Å². The Morgan fingerprint density at radius 1 is 1.47 bits per heavy atom. The third-order valence-corrected chi connectivity index (χ3v) is 2.54. The van der Waals surface area contributed by atoms with Crippen LogP contribution in [0.15, 0.2) is 30.6 Å². The van der Waals surface area contributed by atoms with Gasteiger partial charge >= 0.3 is 0 Å². The van der Waals surface area contributed by atoms with Crippen molar-refractivity contribution in [3.8, 4) is 0 Å². The Bertz CT molecular complexity index is 538. The lowest BCUT2D eigenvalue weighted by atomic mass is 10.3. The Balaban J connectivity index is 2.01.